The van der Waals surface area contributed by atoms with Gasteiger partial charge in [-0.15, -0.1) is 0 Å². The van der Waals surface area contributed by atoms with Gasteiger partial charge in [0.1, 0.15) is 5.76 Å². The molecule has 1 rings (SSSR count). The minimum atomic E-state index is 0.558. The predicted molar refractivity (Wildman–Crippen MR) is 61.0 cm³/mol. The van der Waals surface area contributed by atoms with Crippen LogP contribution >= 0.6 is 0 Å². The average molecular weight is 194 g/mol. The van der Waals surface area contributed by atoms with Crippen LogP contribution in [0.15, 0.2) is 23.5 Å². The van der Waals surface area contributed by atoms with Gasteiger partial charge in [-0.25, -0.2) is 0 Å². The molecule has 1 aliphatic rings. The quantitative estimate of drug-likeness (QED) is 0.664. The summed E-state index contributed by atoms with van der Waals surface area (Å²) in [4.78, 5) is 0. The lowest BCUT2D eigenvalue weighted by atomic mass is 9.82. The predicted octanol–water partition coefficient (Wildman–Crippen LogP) is 3.78. The highest BCUT2D eigenvalue weighted by Gasteiger charge is 2.24. The number of hydrogen-bond donors (Lipinski definition) is 0. The van der Waals surface area contributed by atoms with Gasteiger partial charge in [0.25, 0.3) is 0 Å². The van der Waals surface area contributed by atoms with Gasteiger partial charge < -0.3 is 4.74 Å². The van der Waals surface area contributed by atoms with E-state index in [0.717, 1.165) is 6.42 Å². The van der Waals surface area contributed by atoms with Crippen LogP contribution in [0.1, 0.15) is 34.1 Å². The first-order valence-electron chi connectivity index (χ1n) is 5.52. The van der Waals surface area contributed by atoms with Gasteiger partial charge in [0.15, 0.2) is 0 Å². The Hall–Kier alpha value is -0.720. The third-order valence-corrected chi connectivity index (χ3v) is 2.96. The van der Waals surface area contributed by atoms with Crippen LogP contribution in [0.25, 0.3) is 0 Å². The van der Waals surface area contributed by atoms with Gasteiger partial charge in [0, 0.05) is 5.92 Å². The second-order valence-electron chi connectivity index (χ2n) is 4.67. The van der Waals surface area contributed by atoms with E-state index in [9.17, 15) is 0 Å². The summed E-state index contributed by atoms with van der Waals surface area (Å²) in [5, 5.41) is 0. The lowest BCUT2D eigenvalue weighted by Crippen LogP contribution is -2.18. The zero-order valence-corrected chi connectivity index (χ0v) is 10.0. The van der Waals surface area contributed by atoms with Gasteiger partial charge >= 0.3 is 0 Å². The van der Waals surface area contributed by atoms with Crippen molar-refractivity contribution in [2.75, 3.05) is 7.11 Å². The molecule has 0 aromatic carbocycles. The van der Waals surface area contributed by atoms with Crippen molar-refractivity contribution < 1.29 is 4.74 Å². The molecule has 0 N–H and O–H groups in total. The number of methoxy groups -OCH3 is 1. The highest BCUT2D eigenvalue weighted by atomic mass is 16.5. The number of rotatable bonds is 3. The van der Waals surface area contributed by atoms with Gasteiger partial charge in [-0.2, -0.15) is 0 Å². The minimum Gasteiger partial charge on any atom is -0.500 e. The Bertz CT molecular complexity index is 246. The van der Waals surface area contributed by atoms with Crippen LogP contribution in [0.2, 0.25) is 0 Å². The molecular weight excluding hydrogens is 172 g/mol. The molecule has 0 amide bonds. The van der Waals surface area contributed by atoms with Crippen molar-refractivity contribution in [3.63, 3.8) is 0 Å². The Morgan fingerprint density at radius 3 is 2.36 bits per heavy atom. The zero-order chi connectivity index (χ0) is 10.7. The van der Waals surface area contributed by atoms with Gasteiger partial charge in [0.2, 0.25) is 0 Å². The second-order valence-corrected chi connectivity index (χ2v) is 4.67. The third kappa shape index (κ3) is 2.20. The summed E-state index contributed by atoms with van der Waals surface area (Å²) >= 11 is 0. The van der Waals surface area contributed by atoms with Crippen molar-refractivity contribution >= 4 is 0 Å². The lowest BCUT2D eigenvalue weighted by molar-refractivity contribution is 0.206. The first-order valence-corrected chi connectivity index (χ1v) is 5.52. The molecule has 0 fully saturated rings. The van der Waals surface area contributed by atoms with Crippen molar-refractivity contribution in [1.29, 1.82) is 0 Å². The van der Waals surface area contributed by atoms with Crippen LogP contribution in [0.4, 0.5) is 0 Å². The van der Waals surface area contributed by atoms with Gasteiger partial charge in [-0.1, -0.05) is 39.8 Å². The Kier molecular flexibility index (Phi) is 3.79. The molecule has 0 aromatic rings. The summed E-state index contributed by atoms with van der Waals surface area (Å²) < 4.78 is 5.57. The van der Waals surface area contributed by atoms with Gasteiger partial charge in [-0.05, 0) is 23.8 Å². The summed E-state index contributed by atoms with van der Waals surface area (Å²) in [7, 11) is 1.80. The molecule has 1 nitrogen and oxygen atoms in total. The van der Waals surface area contributed by atoms with Crippen LogP contribution in [-0.2, 0) is 4.74 Å². The normalized spacial score (nSPS) is 22.4. The summed E-state index contributed by atoms with van der Waals surface area (Å²) in [5.74, 6) is 2.99. The van der Waals surface area contributed by atoms with E-state index >= 15 is 0 Å². The summed E-state index contributed by atoms with van der Waals surface area (Å²) in [5.41, 5.74) is 1.37. The maximum absolute atomic E-state index is 5.57. The van der Waals surface area contributed by atoms with Gasteiger partial charge in [-0.3, -0.25) is 0 Å². The fraction of sp³-hybridized carbons (Fsp3) is 0.692. The molecule has 14 heavy (non-hydrogen) atoms. The number of hydrogen-bond acceptors (Lipinski definition) is 1. The average Bonchev–Trinajstić information content (AvgIpc) is 2.16. The van der Waals surface area contributed by atoms with Crippen molar-refractivity contribution in [2.45, 2.75) is 34.1 Å². The highest BCUT2D eigenvalue weighted by Crippen LogP contribution is 2.34. The van der Waals surface area contributed by atoms with Crippen molar-refractivity contribution in [1.82, 2.24) is 0 Å². The molecule has 0 aliphatic heterocycles. The molecular formula is C13H22O. The van der Waals surface area contributed by atoms with E-state index in [-0.39, 0.29) is 0 Å². The molecule has 0 saturated heterocycles. The molecule has 0 aromatic heterocycles. The first kappa shape index (κ1) is 11.4. The van der Waals surface area contributed by atoms with E-state index in [4.69, 9.17) is 4.74 Å². The molecule has 0 spiro atoms. The van der Waals surface area contributed by atoms with Crippen LogP contribution in [-0.4, -0.2) is 7.11 Å². The topological polar surface area (TPSA) is 9.23 Å². The van der Waals surface area contributed by atoms with E-state index in [0.29, 0.717) is 17.8 Å². The van der Waals surface area contributed by atoms with Crippen LogP contribution in [0.5, 0.6) is 0 Å². The third-order valence-electron chi connectivity index (χ3n) is 2.96. The first-order chi connectivity index (χ1) is 6.57. The minimum absolute atomic E-state index is 0.558. The van der Waals surface area contributed by atoms with E-state index < -0.39 is 0 Å². The summed E-state index contributed by atoms with van der Waals surface area (Å²) in [6.45, 7) is 8.98. The molecule has 80 valence electrons. The fourth-order valence-corrected chi connectivity index (χ4v) is 2.07. The summed E-state index contributed by atoms with van der Waals surface area (Å²) in [6, 6.07) is 0. The molecule has 0 heterocycles. The largest absolute Gasteiger partial charge is 0.500 e. The zero-order valence-electron chi connectivity index (χ0n) is 10.0. The van der Waals surface area contributed by atoms with E-state index in [2.05, 4.69) is 39.8 Å². The maximum Gasteiger partial charge on any atom is 0.103 e. The second kappa shape index (κ2) is 4.68. The van der Waals surface area contributed by atoms with Gasteiger partial charge in [0.05, 0.1) is 7.11 Å². The smallest absolute Gasteiger partial charge is 0.103 e. The Morgan fingerprint density at radius 2 is 1.93 bits per heavy atom. The van der Waals surface area contributed by atoms with E-state index in [1.807, 2.05) is 0 Å². The molecule has 0 saturated carbocycles. The van der Waals surface area contributed by atoms with Crippen molar-refractivity contribution in [3.8, 4) is 0 Å². The molecule has 1 aliphatic carbocycles. The molecule has 0 radical (unpaired) electrons. The van der Waals surface area contributed by atoms with Crippen molar-refractivity contribution in [3.05, 3.63) is 23.5 Å². The Morgan fingerprint density at radius 1 is 1.29 bits per heavy atom. The van der Waals surface area contributed by atoms with E-state index in [1.54, 1.807) is 7.11 Å². The molecule has 1 heteroatoms. The molecule has 0 bridgehead atoms. The Labute approximate surface area is 87.8 Å². The van der Waals surface area contributed by atoms with Crippen molar-refractivity contribution in [2.24, 2.45) is 17.8 Å². The lowest BCUT2D eigenvalue weighted by Gasteiger charge is -2.28. The van der Waals surface area contributed by atoms with E-state index in [1.165, 1.54) is 11.3 Å². The number of ether oxygens (including phenoxy) is 1. The van der Waals surface area contributed by atoms with Crippen LogP contribution in [0.3, 0.4) is 0 Å². The molecule has 1 unspecified atom stereocenters. The standard InChI is InChI=1S/C13H22O/c1-9(2)11-7-6-8-12(10(3)4)13(11)14-5/h6-7,9-10,12H,8H2,1-5H3. The SMILES string of the molecule is COC1=C(C(C)C)C=CCC1C(C)C. The number of allylic oxidation sites excluding steroid dienone is 4. The van der Waals surface area contributed by atoms with Crippen LogP contribution < -0.4 is 0 Å². The maximum atomic E-state index is 5.57. The monoisotopic (exact) mass is 194 g/mol. The Balaban J connectivity index is 3.00. The summed E-state index contributed by atoms with van der Waals surface area (Å²) in [6.07, 6.45) is 5.63. The fourth-order valence-electron chi connectivity index (χ4n) is 2.07. The van der Waals surface area contributed by atoms with Crippen LogP contribution in [0, 0.1) is 17.8 Å². The highest BCUT2D eigenvalue weighted by molar-refractivity contribution is 5.30. The molecule has 1 atom stereocenters.